The molecular formula is C13H18IO2Si. The van der Waals surface area contributed by atoms with Crippen molar-refractivity contribution in [1.82, 2.24) is 0 Å². The lowest BCUT2D eigenvalue weighted by Crippen LogP contribution is -2.26. The van der Waals surface area contributed by atoms with Crippen molar-refractivity contribution in [1.29, 1.82) is 0 Å². The molecule has 0 bridgehead atoms. The third kappa shape index (κ3) is 3.69. The fraction of sp³-hybridized carbons (Fsp3) is 0.538. The van der Waals surface area contributed by atoms with Gasteiger partial charge >= 0.3 is 0 Å². The van der Waals surface area contributed by atoms with Crippen molar-refractivity contribution in [2.45, 2.75) is 38.6 Å². The second-order valence-electron chi connectivity index (χ2n) is 4.56. The van der Waals surface area contributed by atoms with Crippen LogP contribution in [0.25, 0.3) is 0 Å². The summed E-state index contributed by atoms with van der Waals surface area (Å²) in [6.45, 7) is 5.44. The van der Waals surface area contributed by atoms with Crippen LogP contribution in [0, 0.1) is 3.57 Å². The molecule has 2 nitrogen and oxygen atoms in total. The summed E-state index contributed by atoms with van der Waals surface area (Å²) >= 11 is 2.35. The summed E-state index contributed by atoms with van der Waals surface area (Å²) < 4.78 is 12.7. The van der Waals surface area contributed by atoms with Crippen LogP contribution in [-0.2, 0) is 4.74 Å². The molecule has 1 aromatic rings. The van der Waals surface area contributed by atoms with E-state index in [-0.39, 0.29) is 15.1 Å². The Hall–Kier alpha value is -0.0731. The summed E-state index contributed by atoms with van der Waals surface area (Å²) in [5.74, 6) is 0.963. The van der Waals surface area contributed by atoms with E-state index >= 15 is 0 Å². The van der Waals surface area contributed by atoms with Gasteiger partial charge in [-0.15, -0.1) is 0 Å². The maximum Gasteiger partial charge on any atom is 0.199 e. The van der Waals surface area contributed by atoms with Crippen LogP contribution < -0.4 is 9.92 Å². The second-order valence-corrected chi connectivity index (χ2v) is 8.30. The van der Waals surface area contributed by atoms with Gasteiger partial charge in [-0.3, -0.25) is 0 Å². The summed E-state index contributed by atoms with van der Waals surface area (Å²) in [7, 11) is -0.375. The van der Waals surface area contributed by atoms with E-state index in [1.807, 2.05) is 0 Å². The molecule has 1 unspecified atom stereocenters. The van der Waals surface area contributed by atoms with E-state index in [9.17, 15) is 0 Å². The summed E-state index contributed by atoms with van der Waals surface area (Å²) in [6, 6.07) is 6.52. The number of hydrogen-bond donors (Lipinski definition) is 0. The van der Waals surface area contributed by atoms with E-state index in [2.05, 4.69) is 53.9 Å². The van der Waals surface area contributed by atoms with E-state index in [0.717, 1.165) is 25.2 Å². The zero-order valence-electron chi connectivity index (χ0n) is 10.3. The highest BCUT2D eigenvalue weighted by Crippen LogP contribution is 2.23. The zero-order chi connectivity index (χ0) is 12.3. The Morgan fingerprint density at radius 2 is 2.18 bits per heavy atom. The van der Waals surface area contributed by atoms with E-state index in [1.165, 1.54) is 15.2 Å². The Balaban J connectivity index is 2.05. The Morgan fingerprint density at radius 1 is 1.35 bits per heavy atom. The van der Waals surface area contributed by atoms with Gasteiger partial charge in [0.2, 0.25) is 0 Å². The molecule has 0 aromatic heterocycles. The maximum atomic E-state index is 5.90. The molecule has 1 aliphatic rings. The minimum absolute atomic E-state index is 0.0452. The van der Waals surface area contributed by atoms with E-state index < -0.39 is 0 Å². The Morgan fingerprint density at radius 3 is 2.76 bits per heavy atom. The Labute approximate surface area is 118 Å². The largest absolute Gasteiger partial charge is 0.464 e. The monoisotopic (exact) mass is 361 g/mol. The normalized spacial score (nSPS) is 20.6. The Kier molecular flexibility index (Phi) is 4.87. The van der Waals surface area contributed by atoms with Crippen LogP contribution in [0.5, 0.6) is 5.75 Å². The smallest absolute Gasteiger partial charge is 0.199 e. The van der Waals surface area contributed by atoms with Gasteiger partial charge < -0.3 is 9.47 Å². The predicted molar refractivity (Wildman–Crippen MR) is 80.5 cm³/mol. The summed E-state index contributed by atoms with van der Waals surface area (Å²) in [5.41, 5.74) is 0. The quantitative estimate of drug-likeness (QED) is 0.608. The first-order chi connectivity index (χ1) is 8.16. The maximum absolute atomic E-state index is 5.90. The molecule has 4 heteroatoms. The van der Waals surface area contributed by atoms with Gasteiger partial charge in [0.1, 0.15) is 5.75 Å². The topological polar surface area (TPSA) is 18.5 Å². The van der Waals surface area contributed by atoms with E-state index in [4.69, 9.17) is 9.47 Å². The first-order valence-corrected chi connectivity index (χ1v) is 9.63. The molecular weight excluding hydrogens is 343 g/mol. The minimum Gasteiger partial charge on any atom is -0.464 e. The van der Waals surface area contributed by atoms with Gasteiger partial charge in [-0.2, -0.15) is 0 Å². The van der Waals surface area contributed by atoms with Crippen molar-refractivity contribution < 1.29 is 9.47 Å². The van der Waals surface area contributed by atoms with Gasteiger partial charge in [-0.1, -0.05) is 24.3 Å². The molecule has 0 saturated carbocycles. The summed E-state index contributed by atoms with van der Waals surface area (Å²) in [6.07, 6.45) is 3.33. The summed E-state index contributed by atoms with van der Waals surface area (Å²) in [4.78, 5) is 0. The van der Waals surface area contributed by atoms with Crippen molar-refractivity contribution >= 4 is 36.6 Å². The molecule has 1 radical (unpaired) electrons. The minimum atomic E-state index is -0.375. The first kappa shape index (κ1) is 13.4. The average molecular weight is 361 g/mol. The van der Waals surface area contributed by atoms with Crippen LogP contribution in [0.2, 0.25) is 13.1 Å². The molecule has 0 amide bonds. The van der Waals surface area contributed by atoms with Gasteiger partial charge in [0.25, 0.3) is 0 Å². The van der Waals surface area contributed by atoms with Gasteiger partial charge in [0.15, 0.2) is 6.29 Å². The fourth-order valence-electron chi connectivity index (χ4n) is 1.85. The molecule has 0 spiro atoms. The molecule has 1 atom stereocenters. The van der Waals surface area contributed by atoms with Gasteiger partial charge in [-0.05, 0) is 47.6 Å². The number of ether oxygens (including phenoxy) is 2. The van der Waals surface area contributed by atoms with Crippen LogP contribution in [0.1, 0.15) is 19.3 Å². The standard InChI is InChI=1S/C13H18IO2Si/c1-17(2)10-6-7-12(11(14)9-10)16-13-5-3-4-8-15-13/h6-7,9,13H,3-5,8H2,1-2H3. The highest BCUT2D eigenvalue weighted by molar-refractivity contribution is 14.1. The van der Waals surface area contributed by atoms with Gasteiger partial charge in [0, 0.05) is 6.42 Å². The summed E-state index contributed by atoms with van der Waals surface area (Å²) in [5, 5.41) is 1.45. The molecule has 17 heavy (non-hydrogen) atoms. The molecule has 93 valence electrons. The molecule has 0 N–H and O–H groups in total. The van der Waals surface area contributed by atoms with Crippen molar-refractivity contribution in [3.05, 3.63) is 21.8 Å². The molecule has 1 aromatic carbocycles. The fourth-order valence-corrected chi connectivity index (χ4v) is 3.64. The van der Waals surface area contributed by atoms with Gasteiger partial charge in [0.05, 0.1) is 19.0 Å². The van der Waals surface area contributed by atoms with Crippen LogP contribution >= 0.6 is 22.6 Å². The van der Waals surface area contributed by atoms with Crippen molar-refractivity contribution in [3.8, 4) is 5.75 Å². The number of hydrogen-bond acceptors (Lipinski definition) is 2. The second kappa shape index (κ2) is 6.20. The van der Waals surface area contributed by atoms with Gasteiger partial charge in [-0.25, -0.2) is 0 Å². The average Bonchev–Trinajstić information content (AvgIpc) is 2.33. The third-order valence-electron chi connectivity index (χ3n) is 2.91. The molecule has 1 fully saturated rings. The predicted octanol–water partition coefficient (Wildman–Crippen LogP) is 3.16. The lowest BCUT2D eigenvalue weighted by Gasteiger charge is -2.24. The Bertz CT molecular complexity index is 376. The van der Waals surface area contributed by atoms with Crippen molar-refractivity contribution in [2.24, 2.45) is 0 Å². The third-order valence-corrected chi connectivity index (χ3v) is 5.21. The lowest BCUT2D eigenvalue weighted by molar-refractivity contribution is -0.106. The molecule has 1 heterocycles. The highest BCUT2D eigenvalue weighted by atomic mass is 127. The molecule has 2 rings (SSSR count). The highest BCUT2D eigenvalue weighted by Gasteiger charge is 2.16. The number of benzene rings is 1. The van der Waals surface area contributed by atoms with E-state index in [0.29, 0.717) is 0 Å². The van der Waals surface area contributed by atoms with Crippen molar-refractivity contribution in [3.63, 3.8) is 0 Å². The van der Waals surface area contributed by atoms with Crippen LogP contribution in [0.3, 0.4) is 0 Å². The van der Waals surface area contributed by atoms with E-state index in [1.54, 1.807) is 0 Å². The van der Waals surface area contributed by atoms with Crippen LogP contribution in [-0.4, -0.2) is 21.7 Å². The molecule has 1 saturated heterocycles. The molecule has 1 aliphatic heterocycles. The molecule has 0 aliphatic carbocycles. The number of halogens is 1. The lowest BCUT2D eigenvalue weighted by atomic mass is 10.2. The van der Waals surface area contributed by atoms with Crippen LogP contribution in [0.4, 0.5) is 0 Å². The first-order valence-electron chi connectivity index (χ1n) is 6.05. The zero-order valence-corrected chi connectivity index (χ0v) is 13.5. The van der Waals surface area contributed by atoms with Crippen LogP contribution in [0.15, 0.2) is 18.2 Å². The van der Waals surface area contributed by atoms with Crippen molar-refractivity contribution in [2.75, 3.05) is 6.61 Å². The SMILES string of the molecule is C[Si](C)c1ccc(OC2CCCCO2)c(I)c1. The number of rotatable bonds is 3.